The van der Waals surface area contributed by atoms with E-state index in [1.807, 2.05) is 19.1 Å². The van der Waals surface area contributed by atoms with Crippen LogP contribution in [0.5, 0.6) is 11.5 Å². The van der Waals surface area contributed by atoms with Gasteiger partial charge in [-0.3, -0.25) is 34.3 Å². The van der Waals surface area contributed by atoms with Crippen LogP contribution < -0.4 is 19.7 Å². The summed E-state index contributed by atoms with van der Waals surface area (Å²) in [4.78, 5) is 60.9. The van der Waals surface area contributed by atoms with Crippen molar-refractivity contribution >= 4 is 39.2 Å². The van der Waals surface area contributed by atoms with Crippen LogP contribution in [0.25, 0.3) is 0 Å². The topological polar surface area (TPSA) is 146 Å². The molecular weight excluding hydrogens is 783 g/mol. The minimum Gasteiger partial charge on any atom is -0.493 e. The van der Waals surface area contributed by atoms with E-state index in [4.69, 9.17) is 9.47 Å². The number of anilines is 1. The van der Waals surface area contributed by atoms with Crippen LogP contribution >= 0.6 is 0 Å². The third-order valence-electron chi connectivity index (χ3n) is 13.5. The van der Waals surface area contributed by atoms with Gasteiger partial charge in [-0.15, -0.1) is 0 Å². The van der Waals surface area contributed by atoms with Crippen LogP contribution in [0.4, 0.5) is 5.69 Å². The van der Waals surface area contributed by atoms with E-state index in [0.717, 1.165) is 81.7 Å². The lowest BCUT2D eigenvalue weighted by atomic mass is 9.80. The average Bonchev–Trinajstić information content (AvgIpc) is 3.51. The molecule has 1 N–H and O–H groups in total. The van der Waals surface area contributed by atoms with Crippen LogP contribution in [0.3, 0.4) is 0 Å². The number of likely N-dealkylation sites (tertiary alicyclic amines) is 1. The van der Waals surface area contributed by atoms with E-state index in [0.29, 0.717) is 71.3 Å². The molecule has 0 aromatic heterocycles. The van der Waals surface area contributed by atoms with Crippen LogP contribution in [-0.4, -0.2) is 124 Å². The van der Waals surface area contributed by atoms with Crippen molar-refractivity contribution in [1.82, 2.24) is 20.0 Å². The third kappa shape index (κ3) is 8.69. The zero-order valence-corrected chi connectivity index (χ0v) is 35.8. The fourth-order valence-electron chi connectivity index (χ4n) is 10.3. The number of methoxy groups -OCH3 is 1. The standard InChI is InChI=1S/C46H57N5O8S/c1-4-59-41-28-33(14-18-40(41)58-2)39(29-60(3,56)57)51-45(54)37-6-5-7-38(43(37)46(51)55)50-26-24-49(25-27-50)35-20-22-48(23-21-35)34-15-12-31(13-16-34)30-8-10-32(11-9-30)36-17-19-42(52)47-44(36)53/h5-11,14,18,28,31,34-36,39H,4,12-13,15-17,19-27,29H2,1-3H3,(H,47,52,53). The number of benzene rings is 3. The molecule has 320 valence electrons. The fourth-order valence-corrected chi connectivity index (χ4v) is 11.3. The van der Waals surface area contributed by atoms with Crippen molar-refractivity contribution in [1.29, 1.82) is 0 Å². The monoisotopic (exact) mass is 839 g/mol. The van der Waals surface area contributed by atoms with Gasteiger partial charge in [-0.2, -0.15) is 0 Å². The zero-order chi connectivity index (χ0) is 42.1. The van der Waals surface area contributed by atoms with Gasteiger partial charge < -0.3 is 19.3 Å². The van der Waals surface area contributed by atoms with Gasteiger partial charge in [-0.1, -0.05) is 36.4 Å². The van der Waals surface area contributed by atoms with Crippen LogP contribution in [-0.2, 0) is 19.4 Å². The Hall–Kier alpha value is -4.79. The Balaban J connectivity index is 0.853. The summed E-state index contributed by atoms with van der Waals surface area (Å²) in [6.45, 7) is 7.53. The maximum Gasteiger partial charge on any atom is 0.264 e. The number of fused-ring (bicyclic) bond motifs is 1. The van der Waals surface area contributed by atoms with E-state index in [-0.39, 0.29) is 17.7 Å². The third-order valence-corrected chi connectivity index (χ3v) is 14.4. The molecule has 3 aromatic rings. The molecule has 60 heavy (non-hydrogen) atoms. The Bertz CT molecular complexity index is 2210. The van der Waals surface area contributed by atoms with Gasteiger partial charge in [0.1, 0.15) is 9.84 Å². The number of hydrogen-bond donors (Lipinski definition) is 1. The lowest BCUT2D eigenvalue weighted by Gasteiger charge is -2.46. The number of nitrogens with one attached hydrogen (secondary N) is 1. The molecule has 1 aliphatic carbocycles. The molecule has 2 atom stereocenters. The molecule has 13 nitrogen and oxygen atoms in total. The fraction of sp³-hybridized carbons (Fsp3) is 0.522. The number of hydrogen-bond acceptors (Lipinski definition) is 11. The van der Waals surface area contributed by atoms with E-state index in [9.17, 15) is 27.6 Å². The molecule has 0 radical (unpaired) electrons. The highest BCUT2D eigenvalue weighted by molar-refractivity contribution is 7.90. The summed E-state index contributed by atoms with van der Waals surface area (Å²) in [7, 11) is -2.10. The largest absolute Gasteiger partial charge is 0.493 e. The quantitative estimate of drug-likeness (QED) is 0.237. The second-order valence-electron chi connectivity index (χ2n) is 17.1. The molecule has 0 spiro atoms. The summed E-state index contributed by atoms with van der Waals surface area (Å²) in [5.41, 5.74) is 4.15. The lowest BCUT2D eigenvalue weighted by molar-refractivity contribution is -0.134. The van der Waals surface area contributed by atoms with Gasteiger partial charge in [-0.25, -0.2) is 8.42 Å². The van der Waals surface area contributed by atoms with Crippen molar-refractivity contribution in [2.75, 3.05) is 69.9 Å². The molecule has 4 amide bonds. The molecular formula is C46H57N5O8S. The first-order chi connectivity index (χ1) is 28.9. The number of rotatable bonds is 12. The predicted molar refractivity (Wildman–Crippen MR) is 229 cm³/mol. The number of sulfone groups is 1. The van der Waals surface area contributed by atoms with Gasteiger partial charge >= 0.3 is 0 Å². The lowest BCUT2D eigenvalue weighted by Crippen LogP contribution is -2.54. The first kappa shape index (κ1) is 41.9. The van der Waals surface area contributed by atoms with Crippen molar-refractivity contribution < 1.29 is 37.1 Å². The van der Waals surface area contributed by atoms with Gasteiger partial charge in [0.2, 0.25) is 11.8 Å². The number of piperazine rings is 1. The van der Waals surface area contributed by atoms with Crippen LogP contribution in [0, 0.1) is 0 Å². The number of imide groups is 2. The normalized spacial score (nSPS) is 24.0. The Morgan fingerprint density at radius 3 is 2.07 bits per heavy atom. The molecule has 5 aliphatic rings. The number of nitrogens with zero attached hydrogens (tertiary/aromatic N) is 4. The molecule has 14 heteroatoms. The van der Waals surface area contributed by atoms with E-state index >= 15 is 0 Å². The van der Waals surface area contributed by atoms with Gasteiger partial charge in [-0.05, 0) is 112 Å². The summed E-state index contributed by atoms with van der Waals surface area (Å²) in [5, 5.41) is 2.47. The molecule has 4 heterocycles. The first-order valence-corrected chi connectivity index (χ1v) is 23.6. The SMILES string of the molecule is CCOc1cc(C(CS(C)(=O)=O)N2C(=O)c3cccc(N4CCN(C5CCN(C6CCC(c7ccc(C8CCC(=O)NC8=O)cc7)CC6)CC5)CC4)c3C2=O)ccc1OC. The van der Waals surface area contributed by atoms with Crippen molar-refractivity contribution in [3.63, 3.8) is 0 Å². The molecule has 8 rings (SSSR count). The van der Waals surface area contributed by atoms with Gasteiger partial charge in [0, 0.05) is 50.9 Å². The molecule has 3 saturated heterocycles. The van der Waals surface area contributed by atoms with Gasteiger partial charge in [0.25, 0.3) is 11.8 Å². The van der Waals surface area contributed by atoms with E-state index in [2.05, 4.69) is 44.3 Å². The van der Waals surface area contributed by atoms with Crippen molar-refractivity contribution in [3.8, 4) is 11.5 Å². The summed E-state index contributed by atoms with van der Waals surface area (Å²) >= 11 is 0. The average molecular weight is 840 g/mol. The number of carbonyl (C=O) groups excluding carboxylic acids is 4. The first-order valence-electron chi connectivity index (χ1n) is 21.6. The van der Waals surface area contributed by atoms with Crippen LogP contribution in [0.2, 0.25) is 0 Å². The number of carbonyl (C=O) groups is 4. The Labute approximate surface area is 353 Å². The Morgan fingerprint density at radius 1 is 0.750 bits per heavy atom. The number of piperidine rings is 2. The van der Waals surface area contributed by atoms with E-state index in [1.54, 1.807) is 24.3 Å². The number of amides is 4. The highest BCUT2D eigenvalue weighted by Crippen LogP contribution is 2.41. The molecule has 4 aliphatic heterocycles. The maximum atomic E-state index is 14.3. The predicted octanol–water partition coefficient (Wildman–Crippen LogP) is 5.31. The molecule has 2 unspecified atom stereocenters. The van der Waals surface area contributed by atoms with E-state index in [1.165, 1.54) is 25.5 Å². The smallest absolute Gasteiger partial charge is 0.264 e. The second-order valence-corrected chi connectivity index (χ2v) is 19.3. The summed E-state index contributed by atoms with van der Waals surface area (Å²) in [6.07, 6.45) is 9.03. The highest BCUT2D eigenvalue weighted by atomic mass is 32.2. The summed E-state index contributed by atoms with van der Waals surface area (Å²) in [6, 6.07) is 19.0. The Morgan fingerprint density at radius 2 is 1.42 bits per heavy atom. The van der Waals surface area contributed by atoms with Gasteiger partial charge in [0.05, 0.1) is 48.2 Å². The molecule has 4 fully saturated rings. The minimum absolute atomic E-state index is 0.183. The zero-order valence-electron chi connectivity index (χ0n) is 34.9. The minimum atomic E-state index is -3.61. The second kappa shape index (κ2) is 17.7. The van der Waals surface area contributed by atoms with Crippen LogP contribution in [0.15, 0.2) is 60.7 Å². The van der Waals surface area contributed by atoms with Gasteiger partial charge in [0.15, 0.2) is 11.5 Å². The van der Waals surface area contributed by atoms with Crippen molar-refractivity contribution in [2.45, 2.75) is 88.3 Å². The number of ether oxygens (including phenoxy) is 2. The van der Waals surface area contributed by atoms with E-state index < -0.39 is 33.4 Å². The maximum absolute atomic E-state index is 14.3. The van der Waals surface area contributed by atoms with Crippen molar-refractivity contribution in [3.05, 3.63) is 88.5 Å². The van der Waals surface area contributed by atoms with Crippen molar-refractivity contribution in [2.24, 2.45) is 0 Å². The molecule has 0 bridgehead atoms. The summed E-state index contributed by atoms with van der Waals surface area (Å²) < 4.78 is 36.7. The summed E-state index contributed by atoms with van der Waals surface area (Å²) in [5.74, 6) is -0.608. The molecule has 1 saturated carbocycles. The molecule has 3 aromatic carbocycles. The Kier molecular flexibility index (Phi) is 12.3. The van der Waals surface area contributed by atoms with Crippen LogP contribution in [0.1, 0.15) is 114 Å². The highest BCUT2D eigenvalue weighted by Gasteiger charge is 2.44.